The van der Waals surface area contributed by atoms with E-state index >= 15 is 0 Å². The normalized spacial score (nSPS) is 25.0. The van der Waals surface area contributed by atoms with Gasteiger partial charge in [0, 0.05) is 18.0 Å². The summed E-state index contributed by atoms with van der Waals surface area (Å²) in [5.74, 6) is 0.0494. The van der Waals surface area contributed by atoms with Gasteiger partial charge in [0.05, 0.1) is 41.2 Å². The lowest BCUT2D eigenvalue weighted by Gasteiger charge is -2.34. The fourth-order valence-electron chi connectivity index (χ4n) is 4.12. The van der Waals surface area contributed by atoms with E-state index < -0.39 is 6.10 Å². The summed E-state index contributed by atoms with van der Waals surface area (Å²) in [5.41, 5.74) is 4.29. The number of aliphatic hydroxyl groups is 1. The number of rotatable bonds is 1. The molecule has 116 valence electrons. The van der Waals surface area contributed by atoms with Crippen LogP contribution in [0, 0.1) is 5.92 Å². The van der Waals surface area contributed by atoms with E-state index in [9.17, 15) is 5.11 Å². The maximum atomic E-state index is 11.0. The second-order valence-corrected chi connectivity index (χ2v) is 6.62. The molecular formula is C17H15ClN4O. The zero-order valence-corrected chi connectivity index (χ0v) is 13.1. The fraction of sp³-hybridized carbons (Fsp3) is 0.294. The molecule has 0 aliphatic carbocycles. The monoisotopic (exact) mass is 326 g/mol. The maximum absolute atomic E-state index is 11.0. The summed E-state index contributed by atoms with van der Waals surface area (Å²) in [6, 6.07) is 8.45. The van der Waals surface area contributed by atoms with Crippen LogP contribution in [0.3, 0.4) is 0 Å². The molecule has 2 aliphatic rings. The van der Waals surface area contributed by atoms with Gasteiger partial charge in [-0.05, 0) is 12.0 Å². The third-order valence-electron chi connectivity index (χ3n) is 5.12. The van der Waals surface area contributed by atoms with Gasteiger partial charge in [0.25, 0.3) is 0 Å². The summed E-state index contributed by atoms with van der Waals surface area (Å²) in [6.45, 7) is 0.770. The lowest BCUT2D eigenvalue weighted by atomic mass is 9.83. The third kappa shape index (κ3) is 1.72. The quantitative estimate of drug-likeness (QED) is 0.747. The predicted octanol–water partition coefficient (Wildman–Crippen LogP) is 3.06. The summed E-state index contributed by atoms with van der Waals surface area (Å²) in [5, 5.41) is 15.8. The van der Waals surface area contributed by atoms with Crippen molar-refractivity contribution in [2.75, 3.05) is 0 Å². The van der Waals surface area contributed by atoms with Crippen molar-refractivity contribution in [3.63, 3.8) is 0 Å². The summed E-state index contributed by atoms with van der Waals surface area (Å²) in [7, 11) is 0. The first kappa shape index (κ1) is 13.3. The van der Waals surface area contributed by atoms with Crippen LogP contribution >= 0.6 is 11.6 Å². The van der Waals surface area contributed by atoms with E-state index in [1.165, 1.54) is 11.1 Å². The average molecular weight is 327 g/mol. The Kier molecular flexibility index (Phi) is 2.72. The number of benzene rings is 1. The second-order valence-electron chi connectivity index (χ2n) is 6.22. The maximum Gasteiger partial charge on any atom is 0.102 e. The fourth-order valence-corrected chi connectivity index (χ4v) is 4.37. The lowest BCUT2D eigenvalue weighted by Crippen LogP contribution is -2.31. The molecule has 4 heterocycles. The minimum atomic E-state index is -0.634. The van der Waals surface area contributed by atoms with Gasteiger partial charge in [-0.25, -0.2) is 4.98 Å². The summed E-state index contributed by atoms with van der Waals surface area (Å²) < 4.78 is 4.00. The molecule has 0 radical (unpaired) electrons. The smallest absolute Gasteiger partial charge is 0.102 e. The highest BCUT2D eigenvalue weighted by Gasteiger charge is 2.41. The Bertz CT molecular complexity index is 900. The van der Waals surface area contributed by atoms with E-state index in [2.05, 4.69) is 32.8 Å². The molecule has 0 saturated carbocycles. The minimum absolute atomic E-state index is 0.0494. The molecule has 0 fully saturated rings. The molecule has 0 saturated heterocycles. The Labute approximate surface area is 138 Å². The second kappa shape index (κ2) is 4.69. The van der Waals surface area contributed by atoms with Crippen molar-refractivity contribution in [1.82, 2.24) is 19.3 Å². The van der Waals surface area contributed by atoms with Crippen LogP contribution in [0.15, 0.2) is 43.0 Å². The molecule has 0 bridgehead atoms. The Morgan fingerprint density at radius 2 is 2.09 bits per heavy atom. The van der Waals surface area contributed by atoms with Crippen LogP contribution in [0.1, 0.15) is 29.8 Å². The van der Waals surface area contributed by atoms with Crippen LogP contribution < -0.4 is 0 Å². The Balaban J connectivity index is 1.65. The molecule has 5 nitrogen and oxygen atoms in total. The van der Waals surface area contributed by atoms with Crippen LogP contribution in [-0.4, -0.2) is 24.4 Å². The van der Waals surface area contributed by atoms with Crippen LogP contribution in [0.2, 0.25) is 5.02 Å². The van der Waals surface area contributed by atoms with Crippen molar-refractivity contribution < 1.29 is 5.11 Å². The Morgan fingerprint density at radius 1 is 1.22 bits per heavy atom. The molecule has 2 aromatic heterocycles. The Hall–Kier alpha value is -2.11. The number of hydrogen-bond donors (Lipinski definition) is 1. The van der Waals surface area contributed by atoms with E-state index in [1.807, 2.05) is 23.3 Å². The number of aliphatic hydroxyl groups excluding tert-OH is 1. The van der Waals surface area contributed by atoms with E-state index in [1.54, 1.807) is 6.20 Å². The van der Waals surface area contributed by atoms with Crippen molar-refractivity contribution in [2.45, 2.75) is 25.1 Å². The van der Waals surface area contributed by atoms with Gasteiger partial charge in [0.15, 0.2) is 0 Å². The van der Waals surface area contributed by atoms with Gasteiger partial charge < -0.3 is 9.67 Å². The largest absolute Gasteiger partial charge is 0.386 e. The first-order valence-electron chi connectivity index (χ1n) is 7.76. The van der Waals surface area contributed by atoms with Crippen molar-refractivity contribution in [2.24, 2.45) is 5.92 Å². The first-order valence-corrected chi connectivity index (χ1v) is 8.14. The van der Waals surface area contributed by atoms with Crippen molar-refractivity contribution in [3.8, 4) is 11.3 Å². The molecule has 3 atom stereocenters. The van der Waals surface area contributed by atoms with Crippen LogP contribution in [-0.2, 0) is 6.54 Å². The number of halogens is 1. The number of aromatic nitrogens is 4. The highest BCUT2D eigenvalue weighted by molar-refractivity contribution is 6.31. The van der Waals surface area contributed by atoms with Crippen molar-refractivity contribution >= 4 is 11.6 Å². The van der Waals surface area contributed by atoms with Gasteiger partial charge in [-0.15, -0.1) is 0 Å². The van der Waals surface area contributed by atoms with E-state index in [0.29, 0.717) is 5.02 Å². The highest BCUT2D eigenvalue weighted by Crippen LogP contribution is 2.49. The molecule has 0 amide bonds. The molecule has 1 N–H and O–H groups in total. The minimum Gasteiger partial charge on any atom is -0.386 e. The number of hydrogen-bond acceptors (Lipinski definition) is 3. The molecule has 5 rings (SSSR count). The molecule has 2 aliphatic heterocycles. The van der Waals surface area contributed by atoms with Gasteiger partial charge >= 0.3 is 0 Å². The number of fused-ring (bicyclic) bond motifs is 4. The molecule has 3 aromatic rings. The summed E-state index contributed by atoms with van der Waals surface area (Å²) in [6.07, 6.45) is 5.59. The molecule has 1 aromatic carbocycles. The topological polar surface area (TPSA) is 55.9 Å². The summed E-state index contributed by atoms with van der Waals surface area (Å²) >= 11 is 6.24. The number of imidazole rings is 1. The van der Waals surface area contributed by atoms with Gasteiger partial charge in [0.2, 0.25) is 0 Å². The van der Waals surface area contributed by atoms with Crippen LogP contribution in [0.25, 0.3) is 11.3 Å². The zero-order valence-electron chi connectivity index (χ0n) is 12.3. The van der Waals surface area contributed by atoms with Gasteiger partial charge in [-0.1, -0.05) is 35.9 Å². The standard InChI is InChI=1S/C17H15ClN4O/c18-13-7-20-22-6-5-12(17(23)16(13)22)15-11-4-2-1-3-10(11)14-8-19-9-21(14)15/h1-4,7-9,12,15,17,23H,5-6H2/t12-,15+,17+/m1/s1. The van der Waals surface area contributed by atoms with E-state index in [0.717, 1.165) is 24.4 Å². The molecule has 23 heavy (non-hydrogen) atoms. The predicted molar refractivity (Wildman–Crippen MR) is 86.1 cm³/mol. The highest BCUT2D eigenvalue weighted by atomic mass is 35.5. The van der Waals surface area contributed by atoms with Gasteiger partial charge in [-0.3, -0.25) is 4.68 Å². The molecular weight excluding hydrogens is 312 g/mol. The molecule has 0 unspecified atom stereocenters. The van der Waals surface area contributed by atoms with Crippen LogP contribution in [0.5, 0.6) is 0 Å². The average Bonchev–Trinajstić information content (AvgIpc) is 3.23. The molecule has 0 spiro atoms. The number of nitrogens with zero attached hydrogens (tertiary/aromatic N) is 4. The van der Waals surface area contributed by atoms with Crippen LogP contribution in [0.4, 0.5) is 0 Å². The van der Waals surface area contributed by atoms with Gasteiger partial charge in [-0.2, -0.15) is 5.10 Å². The van der Waals surface area contributed by atoms with Crippen molar-refractivity contribution in [1.29, 1.82) is 0 Å². The molecule has 6 heteroatoms. The lowest BCUT2D eigenvalue weighted by molar-refractivity contribution is 0.0526. The third-order valence-corrected chi connectivity index (χ3v) is 5.41. The SMILES string of the molecule is O[C@@H]1c2c(Cl)cnn2CC[C@@H]1[C@@H]1c2ccccc2-c2cncn21. The van der Waals surface area contributed by atoms with E-state index in [-0.39, 0.29) is 12.0 Å². The zero-order chi connectivity index (χ0) is 15.6. The summed E-state index contributed by atoms with van der Waals surface area (Å²) in [4.78, 5) is 4.30. The van der Waals surface area contributed by atoms with Gasteiger partial charge in [0.1, 0.15) is 6.10 Å². The Morgan fingerprint density at radius 3 is 3.00 bits per heavy atom. The first-order chi connectivity index (χ1) is 11.3. The van der Waals surface area contributed by atoms with Crippen molar-refractivity contribution in [3.05, 3.63) is 59.3 Å². The number of aryl methyl sites for hydroxylation is 1. The van der Waals surface area contributed by atoms with E-state index in [4.69, 9.17) is 11.6 Å².